The van der Waals surface area contributed by atoms with Gasteiger partial charge in [0.2, 0.25) is 10.0 Å². The third kappa shape index (κ3) is 6.46. The zero-order valence-electron chi connectivity index (χ0n) is 14.3. The van der Waals surface area contributed by atoms with Crippen LogP contribution in [0.1, 0.15) is 12.0 Å². The average Bonchev–Trinajstić information content (AvgIpc) is 2.95. The number of nitrogens with one attached hydrogen (secondary N) is 2. The van der Waals surface area contributed by atoms with Crippen molar-refractivity contribution in [2.24, 2.45) is 10.1 Å². The molecule has 0 amide bonds. The van der Waals surface area contributed by atoms with Gasteiger partial charge in [0, 0.05) is 32.7 Å². The zero-order valence-corrected chi connectivity index (χ0v) is 15.1. The lowest BCUT2D eigenvalue weighted by Crippen LogP contribution is -2.44. The summed E-state index contributed by atoms with van der Waals surface area (Å²) in [5.41, 5.74) is 0.685. The molecule has 0 saturated carbocycles. The third-order valence-corrected chi connectivity index (χ3v) is 4.84. The molecule has 0 bridgehead atoms. The van der Waals surface area contributed by atoms with Gasteiger partial charge in [-0.2, -0.15) is 13.2 Å². The van der Waals surface area contributed by atoms with E-state index < -0.39 is 22.7 Å². The Morgan fingerprint density at radius 3 is 2.77 bits per heavy atom. The molecule has 1 unspecified atom stereocenters. The quantitative estimate of drug-likeness (QED) is 0.504. The van der Waals surface area contributed by atoms with Gasteiger partial charge >= 0.3 is 6.18 Å². The van der Waals surface area contributed by atoms with Gasteiger partial charge in [-0.05, 0) is 24.1 Å². The number of hydrogen-bond acceptors (Lipinski definition) is 4. The molecule has 26 heavy (non-hydrogen) atoms. The van der Waals surface area contributed by atoms with Crippen LogP contribution in [0.5, 0.6) is 0 Å². The number of aliphatic imine (C=N–C) groups is 1. The number of alkyl halides is 3. The van der Waals surface area contributed by atoms with Crippen molar-refractivity contribution in [1.29, 1.82) is 0 Å². The minimum atomic E-state index is -4.21. The van der Waals surface area contributed by atoms with Gasteiger partial charge in [0.1, 0.15) is 0 Å². The molecule has 0 spiro atoms. The van der Waals surface area contributed by atoms with Gasteiger partial charge in [-0.3, -0.25) is 9.89 Å². The van der Waals surface area contributed by atoms with Crippen molar-refractivity contribution in [3.05, 3.63) is 29.8 Å². The summed E-state index contributed by atoms with van der Waals surface area (Å²) in [5, 5.41) is 11.2. The smallest absolute Gasteiger partial charge is 0.352 e. The number of nitrogens with zero attached hydrogens (tertiary/aromatic N) is 2. The maximum atomic E-state index is 12.4. The largest absolute Gasteiger partial charge is 0.401 e. The number of halogens is 3. The lowest BCUT2D eigenvalue weighted by Gasteiger charge is -2.20. The highest BCUT2D eigenvalue weighted by atomic mass is 32.2. The number of benzene rings is 1. The van der Waals surface area contributed by atoms with Crippen LogP contribution in [0.3, 0.4) is 0 Å². The summed E-state index contributed by atoms with van der Waals surface area (Å²) >= 11 is 0. The summed E-state index contributed by atoms with van der Waals surface area (Å²) in [6.45, 7) is 0.0191. The fourth-order valence-electron chi connectivity index (χ4n) is 2.75. The molecule has 2 rings (SSSR count). The molecule has 1 aliphatic rings. The Morgan fingerprint density at radius 2 is 2.15 bits per heavy atom. The number of guanidine groups is 1. The summed E-state index contributed by atoms with van der Waals surface area (Å²) in [4.78, 5) is 5.41. The van der Waals surface area contributed by atoms with E-state index in [1.54, 1.807) is 19.2 Å². The molecule has 4 N–H and O–H groups in total. The topological polar surface area (TPSA) is 99.8 Å². The second-order valence-electron chi connectivity index (χ2n) is 6.10. The maximum absolute atomic E-state index is 12.4. The highest BCUT2D eigenvalue weighted by Gasteiger charge is 2.34. The lowest BCUT2D eigenvalue weighted by atomic mass is 10.2. The number of rotatable bonds is 5. The molecule has 1 atom stereocenters. The minimum Gasteiger partial charge on any atom is -0.352 e. The van der Waals surface area contributed by atoms with Gasteiger partial charge < -0.3 is 10.6 Å². The fourth-order valence-corrected chi connectivity index (χ4v) is 3.34. The lowest BCUT2D eigenvalue weighted by molar-refractivity contribution is -0.143. The SMILES string of the molecule is CN=C(NCc1cccc(S(N)(=O)=O)c1)NC1CCN(CC(F)(F)F)C1. The van der Waals surface area contributed by atoms with E-state index in [-0.39, 0.29) is 17.5 Å². The van der Waals surface area contributed by atoms with E-state index in [2.05, 4.69) is 15.6 Å². The molecule has 0 radical (unpaired) electrons. The van der Waals surface area contributed by atoms with E-state index in [1.807, 2.05) is 0 Å². The van der Waals surface area contributed by atoms with E-state index in [9.17, 15) is 21.6 Å². The van der Waals surface area contributed by atoms with Gasteiger partial charge in [0.15, 0.2) is 5.96 Å². The third-order valence-electron chi connectivity index (χ3n) is 3.93. The van der Waals surface area contributed by atoms with E-state index in [1.165, 1.54) is 17.0 Å². The average molecular weight is 393 g/mol. The Bertz CT molecular complexity index is 752. The fraction of sp³-hybridized carbons (Fsp3) is 0.533. The number of primary sulfonamides is 1. The van der Waals surface area contributed by atoms with Crippen LogP contribution in [-0.2, 0) is 16.6 Å². The highest BCUT2D eigenvalue weighted by molar-refractivity contribution is 7.89. The second kappa shape index (κ2) is 8.23. The summed E-state index contributed by atoms with van der Waals surface area (Å²) < 4.78 is 60.1. The molecule has 7 nitrogen and oxygen atoms in total. The molecule has 1 saturated heterocycles. The molecule has 1 aromatic rings. The Balaban J connectivity index is 1.87. The van der Waals surface area contributed by atoms with Crippen molar-refractivity contribution in [1.82, 2.24) is 15.5 Å². The minimum absolute atomic E-state index is 0.0123. The molecule has 0 aliphatic carbocycles. The molecule has 0 aromatic heterocycles. The van der Waals surface area contributed by atoms with E-state index in [4.69, 9.17) is 5.14 Å². The number of likely N-dealkylation sites (tertiary alicyclic amines) is 1. The van der Waals surface area contributed by atoms with Crippen LogP contribution in [-0.4, -0.2) is 58.2 Å². The first-order valence-electron chi connectivity index (χ1n) is 7.95. The molecule has 11 heteroatoms. The van der Waals surface area contributed by atoms with Crippen LogP contribution in [0.15, 0.2) is 34.2 Å². The molecular weight excluding hydrogens is 371 g/mol. The first kappa shape index (κ1) is 20.5. The molecule has 1 aromatic carbocycles. The van der Waals surface area contributed by atoms with Crippen LogP contribution in [0.25, 0.3) is 0 Å². The summed E-state index contributed by atoms with van der Waals surface area (Å²) in [5.74, 6) is 0.435. The van der Waals surface area contributed by atoms with Gasteiger partial charge in [0.25, 0.3) is 0 Å². The van der Waals surface area contributed by atoms with Crippen LogP contribution in [0.2, 0.25) is 0 Å². The van der Waals surface area contributed by atoms with Crippen molar-refractivity contribution in [3.63, 3.8) is 0 Å². The molecule has 146 valence electrons. The standard InChI is InChI=1S/C15H22F3N5O2S/c1-20-14(22-12-5-6-23(9-12)10-15(16,17)18)21-8-11-3-2-4-13(7-11)26(19,24)25/h2-4,7,12H,5-6,8-10H2,1H3,(H2,19,24,25)(H2,20,21,22). The van der Waals surface area contributed by atoms with Crippen LogP contribution in [0.4, 0.5) is 13.2 Å². The summed E-state index contributed by atoms with van der Waals surface area (Å²) in [6, 6.07) is 6.03. The van der Waals surface area contributed by atoms with Crippen molar-refractivity contribution < 1.29 is 21.6 Å². The van der Waals surface area contributed by atoms with E-state index in [0.717, 1.165) is 0 Å². The van der Waals surface area contributed by atoms with Gasteiger partial charge in [0.05, 0.1) is 11.4 Å². The molecular formula is C15H22F3N5O2S. The second-order valence-corrected chi connectivity index (χ2v) is 7.66. The van der Waals surface area contributed by atoms with Gasteiger partial charge in [-0.25, -0.2) is 13.6 Å². The maximum Gasteiger partial charge on any atom is 0.401 e. The van der Waals surface area contributed by atoms with Crippen molar-refractivity contribution in [3.8, 4) is 0 Å². The van der Waals surface area contributed by atoms with Gasteiger partial charge in [-0.1, -0.05) is 12.1 Å². The molecule has 1 fully saturated rings. The van der Waals surface area contributed by atoms with Gasteiger partial charge in [-0.15, -0.1) is 0 Å². The van der Waals surface area contributed by atoms with E-state index in [0.29, 0.717) is 31.0 Å². The van der Waals surface area contributed by atoms with Crippen LogP contribution < -0.4 is 15.8 Å². The monoisotopic (exact) mass is 393 g/mol. The van der Waals surface area contributed by atoms with Crippen molar-refractivity contribution in [2.45, 2.75) is 30.1 Å². The first-order chi connectivity index (χ1) is 12.1. The summed E-state index contributed by atoms with van der Waals surface area (Å²) in [6.07, 6.45) is -3.62. The molecule has 1 heterocycles. The predicted molar refractivity (Wildman–Crippen MR) is 92.0 cm³/mol. The molecule has 1 aliphatic heterocycles. The number of nitrogens with two attached hydrogens (primary N) is 1. The van der Waals surface area contributed by atoms with E-state index >= 15 is 0 Å². The van der Waals surface area contributed by atoms with Crippen molar-refractivity contribution in [2.75, 3.05) is 26.7 Å². The zero-order chi connectivity index (χ0) is 19.4. The number of sulfonamides is 1. The Labute approximate surface area is 150 Å². The number of hydrogen-bond donors (Lipinski definition) is 3. The first-order valence-corrected chi connectivity index (χ1v) is 9.49. The van der Waals surface area contributed by atoms with Crippen LogP contribution >= 0.6 is 0 Å². The highest BCUT2D eigenvalue weighted by Crippen LogP contribution is 2.19. The normalized spacial score (nSPS) is 19.6. The Kier molecular flexibility index (Phi) is 6.48. The van der Waals surface area contributed by atoms with Crippen LogP contribution in [0, 0.1) is 0 Å². The van der Waals surface area contributed by atoms with Crippen molar-refractivity contribution >= 4 is 16.0 Å². The Hall–Kier alpha value is -1.85. The Morgan fingerprint density at radius 1 is 1.42 bits per heavy atom. The predicted octanol–water partition coefficient (Wildman–Crippen LogP) is 0.636. The summed E-state index contributed by atoms with van der Waals surface area (Å²) in [7, 11) is -2.23.